The van der Waals surface area contributed by atoms with Gasteiger partial charge in [0.25, 0.3) is 0 Å². The third-order valence-electron chi connectivity index (χ3n) is 1.93. The lowest BCUT2D eigenvalue weighted by atomic mass is 9.96. The number of rotatable bonds is 6. The van der Waals surface area contributed by atoms with E-state index in [-0.39, 0.29) is 18.0 Å². The zero-order valence-electron chi connectivity index (χ0n) is 8.12. The van der Waals surface area contributed by atoms with Gasteiger partial charge in [-0.15, -0.1) is 0 Å². The highest BCUT2D eigenvalue weighted by atomic mass is 16.8. The summed E-state index contributed by atoms with van der Waals surface area (Å²) < 4.78 is 20.8. The lowest BCUT2D eigenvalue weighted by Gasteiger charge is -2.23. The highest BCUT2D eigenvalue weighted by Crippen LogP contribution is 2.22. The average Bonchev–Trinajstić information content (AvgIpc) is 2.92. The molecule has 0 aliphatic carbocycles. The van der Waals surface area contributed by atoms with Crippen LogP contribution in [-0.4, -0.2) is 39.0 Å². The third-order valence-corrected chi connectivity index (χ3v) is 1.93. The molecule has 0 spiro atoms. The van der Waals surface area contributed by atoms with Crippen molar-refractivity contribution in [2.45, 2.75) is 26.4 Å². The van der Waals surface area contributed by atoms with Gasteiger partial charge in [0.1, 0.15) is 13.2 Å². The Morgan fingerprint density at radius 3 is 1.77 bits per heavy atom. The minimum Gasteiger partial charge on any atom is -0.350 e. The number of epoxide rings is 2. The molecule has 2 atom stereocenters. The van der Waals surface area contributed by atoms with Crippen LogP contribution in [0.3, 0.4) is 0 Å². The number of ether oxygens (including phenoxy) is 4. The van der Waals surface area contributed by atoms with Crippen molar-refractivity contribution in [3.63, 3.8) is 0 Å². The van der Waals surface area contributed by atoms with E-state index in [1.165, 1.54) is 0 Å². The Morgan fingerprint density at radius 1 is 1.08 bits per heavy atom. The van der Waals surface area contributed by atoms with E-state index in [1.807, 2.05) is 0 Å². The van der Waals surface area contributed by atoms with Crippen LogP contribution in [0.5, 0.6) is 0 Å². The highest BCUT2D eigenvalue weighted by molar-refractivity contribution is 4.70. The van der Waals surface area contributed by atoms with Gasteiger partial charge in [0.2, 0.25) is 0 Å². The SMILES string of the molecule is CC(C)(COC1CO1)COC1CO1. The number of hydrogen-bond donors (Lipinski definition) is 0. The van der Waals surface area contributed by atoms with Crippen molar-refractivity contribution in [3.05, 3.63) is 0 Å². The molecule has 0 amide bonds. The minimum atomic E-state index is 0.0384. The predicted octanol–water partition coefficient (Wildman–Crippen LogP) is 0.758. The zero-order chi connectivity index (χ0) is 9.31. The van der Waals surface area contributed by atoms with Gasteiger partial charge in [0.05, 0.1) is 13.2 Å². The summed E-state index contributed by atoms with van der Waals surface area (Å²) >= 11 is 0. The molecule has 0 saturated carbocycles. The summed E-state index contributed by atoms with van der Waals surface area (Å²) in [4.78, 5) is 0. The van der Waals surface area contributed by atoms with Gasteiger partial charge in [0.15, 0.2) is 12.6 Å². The Kier molecular flexibility index (Phi) is 2.55. The van der Waals surface area contributed by atoms with Gasteiger partial charge in [-0.05, 0) is 0 Å². The van der Waals surface area contributed by atoms with Gasteiger partial charge in [-0.25, -0.2) is 0 Å². The van der Waals surface area contributed by atoms with Crippen molar-refractivity contribution in [1.29, 1.82) is 0 Å². The van der Waals surface area contributed by atoms with E-state index in [0.717, 1.165) is 13.2 Å². The summed E-state index contributed by atoms with van der Waals surface area (Å²) in [6.45, 7) is 7.04. The van der Waals surface area contributed by atoms with Crippen molar-refractivity contribution in [1.82, 2.24) is 0 Å². The fraction of sp³-hybridized carbons (Fsp3) is 1.00. The fourth-order valence-electron chi connectivity index (χ4n) is 0.950. The quantitative estimate of drug-likeness (QED) is 0.577. The molecule has 4 nitrogen and oxygen atoms in total. The highest BCUT2D eigenvalue weighted by Gasteiger charge is 2.30. The van der Waals surface area contributed by atoms with Gasteiger partial charge in [0, 0.05) is 5.41 Å². The summed E-state index contributed by atoms with van der Waals surface area (Å²) in [7, 11) is 0. The molecule has 2 aliphatic rings. The van der Waals surface area contributed by atoms with Crippen LogP contribution in [-0.2, 0) is 18.9 Å². The van der Waals surface area contributed by atoms with E-state index in [0.29, 0.717) is 13.2 Å². The Bertz CT molecular complexity index is 154. The summed E-state index contributed by atoms with van der Waals surface area (Å²) in [5, 5.41) is 0. The molecule has 0 bridgehead atoms. The lowest BCUT2D eigenvalue weighted by Crippen LogP contribution is -2.26. The second kappa shape index (κ2) is 3.53. The van der Waals surface area contributed by atoms with Crippen molar-refractivity contribution in [2.24, 2.45) is 5.41 Å². The van der Waals surface area contributed by atoms with Crippen LogP contribution in [0.4, 0.5) is 0 Å². The van der Waals surface area contributed by atoms with Crippen LogP contribution >= 0.6 is 0 Å². The number of hydrogen-bond acceptors (Lipinski definition) is 4. The van der Waals surface area contributed by atoms with Crippen LogP contribution in [0.1, 0.15) is 13.8 Å². The summed E-state index contributed by atoms with van der Waals surface area (Å²) in [6, 6.07) is 0. The summed E-state index contributed by atoms with van der Waals surface area (Å²) in [5.74, 6) is 0. The Labute approximate surface area is 78.1 Å². The van der Waals surface area contributed by atoms with E-state index in [9.17, 15) is 0 Å². The van der Waals surface area contributed by atoms with E-state index >= 15 is 0 Å². The molecule has 4 heteroatoms. The van der Waals surface area contributed by atoms with Crippen molar-refractivity contribution in [2.75, 3.05) is 26.4 Å². The first-order valence-electron chi connectivity index (χ1n) is 4.62. The maximum absolute atomic E-state index is 5.43. The molecule has 0 radical (unpaired) electrons. The molecule has 2 heterocycles. The van der Waals surface area contributed by atoms with Crippen LogP contribution in [0.2, 0.25) is 0 Å². The van der Waals surface area contributed by atoms with Gasteiger partial charge in [-0.2, -0.15) is 0 Å². The Morgan fingerprint density at radius 2 is 1.46 bits per heavy atom. The van der Waals surface area contributed by atoms with E-state index < -0.39 is 0 Å². The molecule has 2 unspecified atom stereocenters. The van der Waals surface area contributed by atoms with Gasteiger partial charge in [-0.3, -0.25) is 0 Å². The molecule has 2 fully saturated rings. The second-order valence-electron chi connectivity index (χ2n) is 4.31. The topological polar surface area (TPSA) is 43.5 Å². The molecule has 2 saturated heterocycles. The molecule has 0 aromatic heterocycles. The molecule has 2 rings (SSSR count). The summed E-state index contributed by atoms with van der Waals surface area (Å²) in [6.07, 6.45) is 0.0768. The van der Waals surface area contributed by atoms with Crippen LogP contribution in [0.15, 0.2) is 0 Å². The van der Waals surface area contributed by atoms with Crippen molar-refractivity contribution >= 4 is 0 Å². The molecule has 0 N–H and O–H groups in total. The van der Waals surface area contributed by atoms with Crippen LogP contribution < -0.4 is 0 Å². The molecule has 0 aromatic carbocycles. The molecule has 2 aliphatic heterocycles. The molecular formula is C9H16O4. The van der Waals surface area contributed by atoms with E-state index in [4.69, 9.17) is 18.9 Å². The van der Waals surface area contributed by atoms with Gasteiger partial charge < -0.3 is 18.9 Å². The van der Waals surface area contributed by atoms with Crippen LogP contribution in [0.25, 0.3) is 0 Å². The first-order chi connectivity index (χ1) is 6.16. The van der Waals surface area contributed by atoms with Gasteiger partial charge in [-0.1, -0.05) is 13.8 Å². The Balaban J connectivity index is 1.60. The minimum absolute atomic E-state index is 0.0384. The standard InChI is InChI=1S/C9H16O4/c1-9(2,5-12-7-3-10-7)6-13-8-4-11-8/h7-8H,3-6H2,1-2H3. The van der Waals surface area contributed by atoms with E-state index in [1.54, 1.807) is 0 Å². The van der Waals surface area contributed by atoms with Gasteiger partial charge >= 0.3 is 0 Å². The molecule has 13 heavy (non-hydrogen) atoms. The monoisotopic (exact) mass is 188 g/mol. The normalized spacial score (nSPS) is 31.8. The van der Waals surface area contributed by atoms with Crippen LogP contribution in [0, 0.1) is 5.41 Å². The first-order valence-corrected chi connectivity index (χ1v) is 4.62. The molecule has 0 aromatic rings. The van der Waals surface area contributed by atoms with E-state index in [2.05, 4.69) is 13.8 Å². The summed E-state index contributed by atoms with van der Waals surface area (Å²) in [5.41, 5.74) is 0.0396. The largest absolute Gasteiger partial charge is 0.350 e. The van der Waals surface area contributed by atoms with Crippen molar-refractivity contribution in [3.8, 4) is 0 Å². The lowest BCUT2D eigenvalue weighted by molar-refractivity contribution is -0.0528. The smallest absolute Gasteiger partial charge is 0.181 e. The average molecular weight is 188 g/mol. The maximum Gasteiger partial charge on any atom is 0.181 e. The molecule has 76 valence electrons. The third kappa shape index (κ3) is 3.60. The molecular weight excluding hydrogens is 172 g/mol. The fourth-order valence-corrected chi connectivity index (χ4v) is 0.950. The first kappa shape index (κ1) is 9.40. The maximum atomic E-state index is 5.43. The van der Waals surface area contributed by atoms with Crippen molar-refractivity contribution < 1.29 is 18.9 Å². The Hall–Kier alpha value is -0.160. The second-order valence-corrected chi connectivity index (χ2v) is 4.31. The predicted molar refractivity (Wildman–Crippen MR) is 45.2 cm³/mol. The zero-order valence-corrected chi connectivity index (χ0v) is 8.12.